The molecule has 0 aromatic heterocycles. The number of nitrogens with zero attached hydrogens (tertiary/aromatic N) is 2. The first-order valence-electron chi connectivity index (χ1n) is 10.5. The van der Waals surface area contributed by atoms with E-state index in [0.717, 1.165) is 16.3 Å². The van der Waals surface area contributed by atoms with Crippen LogP contribution in [0.5, 0.6) is 0 Å². The highest BCUT2D eigenvalue weighted by molar-refractivity contribution is 7.91. The number of piperazine rings is 1. The summed E-state index contributed by atoms with van der Waals surface area (Å²) < 4.78 is 25.5. The van der Waals surface area contributed by atoms with Crippen LogP contribution in [0.3, 0.4) is 0 Å². The van der Waals surface area contributed by atoms with Crippen molar-refractivity contribution < 1.29 is 13.2 Å². The van der Waals surface area contributed by atoms with Gasteiger partial charge in [0.1, 0.15) is 0 Å². The van der Waals surface area contributed by atoms with E-state index in [1.165, 1.54) is 0 Å². The van der Waals surface area contributed by atoms with Gasteiger partial charge in [-0.15, -0.1) is 0 Å². The van der Waals surface area contributed by atoms with Crippen molar-refractivity contribution in [3.8, 4) is 0 Å². The number of rotatable bonds is 6. The fourth-order valence-corrected chi connectivity index (χ4v) is 5.63. The number of fused-ring (bicyclic) bond motifs is 1. The smallest absolute Gasteiger partial charge is 0.223 e. The summed E-state index contributed by atoms with van der Waals surface area (Å²) in [6, 6.07) is 18.2. The zero-order valence-electron chi connectivity index (χ0n) is 17.5. The molecule has 0 N–H and O–H groups in total. The Morgan fingerprint density at radius 1 is 0.875 bits per heavy atom. The fraction of sp³-hybridized carbons (Fsp3) is 0.292. The van der Waals surface area contributed by atoms with E-state index in [9.17, 15) is 13.2 Å². The lowest BCUT2D eigenvalue weighted by molar-refractivity contribution is -0.132. The number of carbonyl (C=O) groups excluding carboxylic acids is 1. The summed E-state index contributed by atoms with van der Waals surface area (Å²) in [6.45, 7) is 3.25. The molecule has 168 valence electrons. The molecule has 1 amide bonds. The first-order chi connectivity index (χ1) is 15.3. The van der Waals surface area contributed by atoms with Crippen molar-refractivity contribution in [2.45, 2.75) is 17.9 Å². The van der Waals surface area contributed by atoms with Gasteiger partial charge in [-0.25, -0.2) is 8.42 Å². The van der Waals surface area contributed by atoms with Crippen molar-refractivity contribution in [2.24, 2.45) is 0 Å². The highest BCUT2D eigenvalue weighted by Gasteiger charge is 2.24. The molecule has 0 aliphatic carbocycles. The Bertz CT molecular complexity index is 1240. The van der Waals surface area contributed by atoms with Crippen LogP contribution in [0.25, 0.3) is 10.8 Å². The Morgan fingerprint density at radius 3 is 2.31 bits per heavy atom. The molecule has 0 spiro atoms. The SMILES string of the molecule is O=C(CCS(=O)(=O)c1ccc2ccccc2c1)N1CCN(Cc2ccc(Cl)cc2Cl)CC1. The summed E-state index contributed by atoms with van der Waals surface area (Å²) in [5.41, 5.74) is 0.998. The molecule has 0 bridgehead atoms. The number of hydrogen-bond acceptors (Lipinski definition) is 4. The molecule has 0 unspecified atom stereocenters. The lowest BCUT2D eigenvalue weighted by atomic mass is 10.1. The lowest BCUT2D eigenvalue weighted by Crippen LogP contribution is -2.48. The number of sulfone groups is 1. The van der Waals surface area contributed by atoms with Crippen LogP contribution >= 0.6 is 23.2 Å². The predicted molar refractivity (Wildman–Crippen MR) is 129 cm³/mol. The van der Waals surface area contributed by atoms with Gasteiger partial charge in [0, 0.05) is 49.2 Å². The minimum absolute atomic E-state index is 0.0157. The Morgan fingerprint density at radius 2 is 1.59 bits per heavy atom. The number of amides is 1. The maximum absolute atomic E-state index is 12.8. The molecule has 1 saturated heterocycles. The van der Waals surface area contributed by atoms with Gasteiger partial charge in [0.15, 0.2) is 9.84 Å². The van der Waals surface area contributed by atoms with Gasteiger partial charge in [0.2, 0.25) is 5.91 Å². The molecule has 0 radical (unpaired) electrons. The Kier molecular flexibility index (Phi) is 7.05. The van der Waals surface area contributed by atoms with Crippen molar-refractivity contribution in [3.05, 3.63) is 76.3 Å². The van der Waals surface area contributed by atoms with Crippen LogP contribution in [0, 0.1) is 0 Å². The van der Waals surface area contributed by atoms with Gasteiger partial charge in [-0.1, -0.05) is 59.6 Å². The molecule has 0 saturated carbocycles. The van der Waals surface area contributed by atoms with Crippen LogP contribution in [-0.2, 0) is 21.2 Å². The molecule has 32 heavy (non-hydrogen) atoms. The third-order valence-electron chi connectivity index (χ3n) is 5.80. The average Bonchev–Trinajstić information content (AvgIpc) is 2.79. The summed E-state index contributed by atoms with van der Waals surface area (Å²) in [4.78, 5) is 16.9. The number of carbonyl (C=O) groups is 1. The Balaban J connectivity index is 1.30. The minimum atomic E-state index is -3.53. The second kappa shape index (κ2) is 9.79. The van der Waals surface area contributed by atoms with Crippen LogP contribution in [0.2, 0.25) is 10.0 Å². The second-order valence-electron chi connectivity index (χ2n) is 7.97. The molecule has 8 heteroatoms. The van der Waals surface area contributed by atoms with Crippen molar-refractivity contribution >= 4 is 49.7 Å². The summed E-state index contributed by atoms with van der Waals surface area (Å²) in [7, 11) is -3.53. The molecule has 1 aliphatic heterocycles. The van der Waals surface area contributed by atoms with Gasteiger partial charge in [0.05, 0.1) is 10.6 Å². The van der Waals surface area contributed by atoms with Crippen molar-refractivity contribution in [2.75, 3.05) is 31.9 Å². The number of benzene rings is 3. The third-order valence-corrected chi connectivity index (χ3v) is 8.10. The van der Waals surface area contributed by atoms with Gasteiger partial charge >= 0.3 is 0 Å². The molecule has 3 aromatic carbocycles. The van der Waals surface area contributed by atoms with Crippen molar-refractivity contribution in [3.63, 3.8) is 0 Å². The normalized spacial score (nSPS) is 15.2. The van der Waals surface area contributed by atoms with E-state index in [1.807, 2.05) is 36.4 Å². The standard InChI is InChI=1S/C24H24Cl2N2O3S/c25-21-7-5-20(23(26)16-21)17-27-10-12-28(13-11-27)24(29)9-14-32(30,31)22-8-6-18-3-1-2-4-19(18)15-22/h1-8,15-16H,9-14,17H2. The molecule has 5 nitrogen and oxygen atoms in total. The quantitative estimate of drug-likeness (QED) is 0.504. The summed E-state index contributed by atoms with van der Waals surface area (Å²) >= 11 is 12.2. The monoisotopic (exact) mass is 490 g/mol. The largest absolute Gasteiger partial charge is 0.340 e. The fourth-order valence-electron chi connectivity index (χ4n) is 3.90. The van der Waals surface area contributed by atoms with Crippen molar-refractivity contribution in [1.82, 2.24) is 9.80 Å². The molecule has 1 fully saturated rings. The first kappa shape index (κ1) is 23.1. The molecule has 0 atom stereocenters. The minimum Gasteiger partial charge on any atom is -0.340 e. The topological polar surface area (TPSA) is 57.7 Å². The highest BCUT2D eigenvalue weighted by atomic mass is 35.5. The molecular weight excluding hydrogens is 467 g/mol. The summed E-state index contributed by atoms with van der Waals surface area (Å²) in [5.74, 6) is -0.316. The maximum atomic E-state index is 12.8. The van der Waals surface area contributed by atoms with E-state index in [-0.39, 0.29) is 23.0 Å². The van der Waals surface area contributed by atoms with Gasteiger partial charge in [-0.2, -0.15) is 0 Å². The number of hydrogen-bond donors (Lipinski definition) is 0. The van der Waals surface area contributed by atoms with E-state index in [0.29, 0.717) is 42.8 Å². The molecular formula is C24H24Cl2N2O3S. The Hall–Kier alpha value is -2.12. The molecule has 1 heterocycles. The van der Waals surface area contributed by atoms with Gasteiger partial charge < -0.3 is 4.90 Å². The maximum Gasteiger partial charge on any atom is 0.223 e. The lowest BCUT2D eigenvalue weighted by Gasteiger charge is -2.35. The van der Waals surface area contributed by atoms with Crippen LogP contribution < -0.4 is 0 Å². The second-order valence-corrected chi connectivity index (χ2v) is 10.9. The number of halogens is 2. The van der Waals surface area contributed by atoms with Crippen molar-refractivity contribution in [1.29, 1.82) is 0 Å². The van der Waals surface area contributed by atoms with Crippen LogP contribution in [0.15, 0.2) is 65.6 Å². The van der Waals surface area contributed by atoms with E-state index in [4.69, 9.17) is 23.2 Å². The predicted octanol–water partition coefficient (Wildman–Crippen LogP) is 4.65. The third kappa shape index (κ3) is 5.44. The van der Waals surface area contributed by atoms with Gasteiger partial charge in [-0.3, -0.25) is 9.69 Å². The van der Waals surface area contributed by atoms with Crippen LogP contribution in [0.1, 0.15) is 12.0 Å². The van der Waals surface area contributed by atoms with E-state index < -0.39 is 9.84 Å². The highest BCUT2D eigenvalue weighted by Crippen LogP contribution is 2.23. The Labute approximate surface area is 198 Å². The molecule has 1 aliphatic rings. The summed E-state index contributed by atoms with van der Waals surface area (Å²) in [5, 5.41) is 3.10. The van der Waals surface area contributed by atoms with E-state index >= 15 is 0 Å². The van der Waals surface area contributed by atoms with E-state index in [1.54, 1.807) is 29.2 Å². The van der Waals surface area contributed by atoms with Gasteiger partial charge in [0.25, 0.3) is 0 Å². The van der Waals surface area contributed by atoms with Gasteiger partial charge in [-0.05, 0) is 40.6 Å². The summed E-state index contributed by atoms with van der Waals surface area (Å²) in [6.07, 6.45) is -0.0157. The molecule has 3 aromatic rings. The zero-order chi connectivity index (χ0) is 22.7. The van der Waals surface area contributed by atoms with Crippen LogP contribution in [0.4, 0.5) is 0 Å². The average molecular weight is 491 g/mol. The van der Waals surface area contributed by atoms with E-state index in [2.05, 4.69) is 4.90 Å². The first-order valence-corrected chi connectivity index (χ1v) is 12.9. The zero-order valence-corrected chi connectivity index (χ0v) is 19.8. The molecule has 4 rings (SSSR count). The van der Waals surface area contributed by atoms with Crippen LogP contribution in [-0.4, -0.2) is 56.1 Å².